The van der Waals surface area contributed by atoms with E-state index in [9.17, 15) is 4.79 Å². The first-order chi connectivity index (χ1) is 12.6. The molecule has 26 heavy (non-hydrogen) atoms. The second kappa shape index (κ2) is 6.56. The molecule has 1 heterocycles. The van der Waals surface area contributed by atoms with E-state index in [-0.39, 0.29) is 5.91 Å². The number of hydrogen-bond donors (Lipinski definition) is 1. The lowest BCUT2D eigenvalue weighted by Crippen LogP contribution is -2.30. The number of carbonyl (C=O) groups is 1. The fourth-order valence-corrected chi connectivity index (χ4v) is 2.98. The fourth-order valence-electron chi connectivity index (χ4n) is 2.98. The number of ether oxygens (including phenoxy) is 1. The Bertz CT molecular complexity index is 1100. The highest BCUT2D eigenvalue weighted by atomic mass is 16.5. The summed E-state index contributed by atoms with van der Waals surface area (Å²) in [5.41, 5.74) is 3.26. The van der Waals surface area contributed by atoms with Crippen LogP contribution in [-0.4, -0.2) is 12.0 Å². The molecule has 4 nitrogen and oxygen atoms in total. The number of benzene rings is 3. The third-order valence-electron chi connectivity index (χ3n) is 4.41. The summed E-state index contributed by atoms with van der Waals surface area (Å²) in [5.74, 6) is 0.506. The van der Waals surface area contributed by atoms with Crippen LogP contribution in [0.3, 0.4) is 0 Å². The van der Waals surface area contributed by atoms with Gasteiger partial charge < -0.3 is 14.5 Å². The van der Waals surface area contributed by atoms with Crippen LogP contribution < -0.4 is 10.1 Å². The molecule has 1 unspecified atom stereocenters. The maximum absolute atomic E-state index is 12.5. The summed E-state index contributed by atoms with van der Waals surface area (Å²) in [6, 6.07) is 21.2. The molecule has 1 N–H and O–H groups in total. The van der Waals surface area contributed by atoms with E-state index in [1.165, 1.54) is 0 Å². The Hall–Kier alpha value is -3.27. The van der Waals surface area contributed by atoms with Crippen LogP contribution in [-0.2, 0) is 4.79 Å². The van der Waals surface area contributed by atoms with Crippen molar-refractivity contribution >= 4 is 33.5 Å². The molecule has 4 rings (SSSR count). The topological polar surface area (TPSA) is 51.5 Å². The molecule has 0 aliphatic carbocycles. The molecule has 4 aromatic rings. The zero-order valence-corrected chi connectivity index (χ0v) is 14.7. The second-order valence-electron chi connectivity index (χ2n) is 6.32. The smallest absolute Gasteiger partial charge is 0.265 e. The van der Waals surface area contributed by atoms with Crippen LogP contribution in [0.1, 0.15) is 12.5 Å². The summed E-state index contributed by atoms with van der Waals surface area (Å²) in [6.45, 7) is 3.69. The van der Waals surface area contributed by atoms with Crippen molar-refractivity contribution in [3.8, 4) is 5.75 Å². The standard InChI is InChI=1S/C22H19NO3/c1-14-7-3-5-9-19(14)25-15(2)22(24)23-16-11-12-18-17-8-4-6-10-20(17)26-21(18)13-16/h3-13,15H,1-2H3,(H,23,24). The molecule has 0 aliphatic rings. The number of para-hydroxylation sites is 2. The Morgan fingerprint density at radius 3 is 2.54 bits per heavy atom. The molecule has 0 bridgehead atoms. The van der Waals surface area contributed by atoms with Gasteiger partial charge in [0.05, 0.1) is 0 Å². The van der Waals surface area contributed by atoms with Gasteiger partial charge in [0.1, 0.15) is 16.9 Å². The van der Waals surface area contributed by atoms with E-state index in [1.54, 1.807) is 6.92 Å². The molecule has 0 saturated heterocycles. The number of hydrogen-bond acceptors (Lipinski definition) is 3. The first kappa shape index (κ1) is 16.2. The highest BCUT2D eigenvalue weighted by Gasteiger charge is 2.16. The van der Waals surface area contributed by atoms with Crippen molar-refractivity contribution in [2.45, 2.75) is 20.0 Å². The maximum Gasteiger partial charge on any atom is 0.265 e. The van der Waals surface area contributed by atoms with Crippen LogP contribution in [0.25, 0.3) is 21.9 Å². The number of anilines is 1. The molecule has 4 heteroatoms. The van der Waals surface area contributed by atoms with Gasteiger partial charge in [0.15, 0.2) is 6.10 Å². The minimum absolute atomic E-state index is 0.205. The fraction of sp³-hybridized carbons (Fsp3) is 0.136. The summed E-state index contributed by atoms with van der Waals surface area (Å²) < 4.78 is 11.6. The van der Waals surface area contributed by atoms with Gasteiger partial charge >= 0.3 is 0 Å². The van der Waals surface area contributed by atoms with Crippen LogP contribution >= 0.6 is 0 Å². The zero-order chi connectivity index (χ0) is 18.1. The van der Waals surface area contributed by atoms with E-state index < -0.39 is 6.10 Å². The number of carbonyl (C=O) groups excluding carboxylic acids is 1. The number of furan rings is 1. The Morgan fingerprint density at radius 2 is 1.69 bits per heavy atom. The van der Waals surface area contributed by atoms with E-state index in [0.717, 1.165) is 27.5 Å². The molecular formula is C22H19NO3. The Kier molecular flexibility index (Phi) is 4.09. The molecule has 1 atom stereocenters. The average Bonchev–Trinajstić information content (AvgIpc) is 3.01. The van der Waals surface area contributed by atoms with E-state index in [4.69, 9.17) is 9.15 Å². The lowest BCUT2D eigenvalue weighted by molar-refractivity contribution is -0.122. The number of aryl methyl sites for hydroxylation is 1. The molecule has 0 spiro atoms. The van der Waals surface area contributed by atoms with Crippen LogP contribution in [0.15, 0.2) is 71.1 Å². The van der Waals surface area contributed by atoms with Crippen LogP contribution in [0, 0.1) is 6.92 Å². The summed E-state index contributed by atoms with van der Waals surface area (Å²) in [7, 11) is 0. The van der Waals surface area contributed by atoms with Gasteiger partial charge in [0, 0.05) is 22.5 Å². The quantitative estimate of drug-likeness (QED) is 0.546. The normalized spacial score (nSPS) is 12.2. The van der Waals surface area contributed by atoms with Crippen molar-refractivity contribution in [1.82, 2.24) is 0 Å². The van der Waals surface area contributed by atoms with Gasteiger partial charge in [-0.1, -0.05) is 36.4 Å². The minimum Gasteiger partial charge on any atom is -0.481 e. The molecule has 0 saturated carbocycles. The highest BCUT2D eigenvalue weighted by Crippen LogP contribution is 2.30. The lowest BCUT2D eigenvalue weighted by Gasteiger charge is -2.16. The molecule has 1 aromatic heterocycles. The van der Waals surface area contributed by atoms with Gasteiger partial charge in [-0.2, -0.15) is 0 Å². The maximum atomic E-state index is 12.5. The van der Waals surface area contributed by atoms with Gasteiger partial charge in [-0.05, 0) is 43.7 Å². The Balaban J connectivity index is 1.53. The van der Waals surface area contributed by atoms with E-state index >= 15 is 0 Å². The van der Waals surface area contributed by atoms with E-state index in [2.05, 4.69) is 5.32 Å². The largest absolute Gasteiger partial charge is 0.481 e. The molecule has 0 aliphatic heterocycles. The molecule has 3 aromatic carbocycles. The molecule has 130 valence electrons. The van der Waals surface area contributed by atoms with Gasteiger partial charge in [-0.25, -0.2) is 0 Å². The zero-order valence-electron chi connectivity index (χ0n) is 14.7. The van der Waals surface area contributed by atoms with Crippen molar-refractivity contribution < 1.29 is 13.9 Å². The van der Waals surface area contributed by atoms with Crippen LogP contribution in [0.4, 0.5) is 5.69 Å². The summed E-state index contributed by atoms with van der Waals surface area (Å²) in [5, 5.41) is 4.99. The van der Waals surface area contributed by atoms with Crippen molar-refractivity contribution in [2.75, 3.05) is 5.32 Å². The van der Waals surface area contributed by atoms with Crippen molar-refractivity contribution in [3.63, 3.8) is 0 Å². The number of amides is 1. The van der Waals surface area contributed by atoms with Gasteiger partial charge in [0.2, 0.25) is 0 Å². The molecule has 0 radical (unpaired) electrons. The van der Waals surface area contributed by atoms with Crippen LogP contribution in [0.2, 0.25) is 0 Å². The van der Waals surface area contributed by atoms with Crippen molar-refractivity contribution in [2.24, 2.45) is 0 Å². The van der Waals surface area contributed by atoms with E-state index in [0.29, 0.717) is 11.4 Å². The molecular weight excluding hydrogens is 326 g/mol. The molecule has 1 amide bonds. The third kappa shape index (κ3) is 3.02. The third-order valence-corrected chi connectivity index (χ3v) is 4.41. The van der Waals surface area contributed by atoms with Crippen molar-refractivity contribution in [1.29, 1.82) is 0 Å². The summed E-state index contributed by atoms with van der Waals surface area (Å²) in [6.07, 6.45) is -0.609. The van der Waals surface area contributed by atoms with Gasteiger partial charge in [-0.15, -0.1) is 0 Å². The Labute approximate surface area is 151 Å². The summed E-state index contributed by atoms with van der Waals surface area (Å²) in [4.78, 5) is 12.5. The lowest BCUT2D eigenvalue weighted by atomic mass is 10.1. The predicted molar refractivity (Wildman–Crippen MR) is 104 cm³/mol. The first-order valence-corrected chi connectivity index (χ1v) is 8.56. The second-order valence-corrected chi connectivity index (χ2v) is 6.32. The van der Waals surface area contributed by atoms with Crippen LogP contribution in [0.5, 0.6) is 5.75 Å². The molecule has 0 fully saturated rings. The summed E-state index contributed by atoms with van der Waals surface area (Å²) >= 11 is 0. The number of fused-ring (bicyclic) bond motifs is 3. The predicted octanol–water partition coefficient (Wildman–Crippen LogP) is 5.30. The SMILES string of the molecule is Cc1ccccc1OC(C)C(=O)Nc1ccc2c(c1)oc1ccccc12. The number of rotatable bonds is 4. The minimum atomic E-state index is -0.609. The Morgan fingerprint density at radius 1 is 0.962 bits per heavy atom. The monoisotopic (exact) mass is 345 g/mol. The first-order valence-electron chi connectivity index (χ1n) is 8.56. The van der Waals surface area contributed by atoms with Gasteiger partial charge in [0.25, 0.3) is 5.91 Å². The van der Waals surface area contributed by atoms with Crippen molar-refractivity contribution in [3.05, 3.63) is 72.3 Å². The number of nitrogens with one attached hydrogen (secondary N) is 1. The average molecular weight is 345 g/mol. The highest BCUT2D eigenvalue weighted by molar-refractivity contribution is 6.06. The van der Waals surface area contributed by atoms with Gasteiger partial charge in [-0.3, -0.25) is 4.79 Å². The van der Waals surface area contributed by atoms with E-state index in [1.807, 2.05) is 73.7 Å².